The van der Waals surface area contributed by atoms with Crippen molar-refractivity contribution < 1.29 is 34.1 Å². The molecule has 0 bridgehead atoms. The van der Waals surface area contributed by atoms with Crippen LogP contribution in [0.25, 0.3) is 0 Å². The standard InChI is InChI=1S/C9H14O7/c1-5(11)15-4-8(14)9(7(13)3-10)16-6(2)12/h8-10,14H,3-4H2,1-2H3/t8-,9+/m1/s1. The second-order valence-corrected chi connectivity index (χ2v) is 3.02. The lowest BCUT2D eigenvalue weighted by molar-refractivity contribution is -0.165. The quantitative estimate of drug-likeness (QED) is 0.532. The smallest absolute Gasteiger partial charge is 0.303 e. The van der Waals surface area contributed by atoms with Crippen molar-refractivity contribution in [3.8, 4) is 0 Å². The maximum Gasteiger partial charge on any atom is 0.303 e. The van der Waals surface area contributed by atoms with E-state index in [1.165, 1.54) is 0 Å². The number of carbonyl (C=O) groups excluding carboxylic acids is 3. The van der Waals surface area contributed by atoms with Crippen molar-refractivity contribution in [3.05, 3.63) is 0 Å². The lowest BCUT2D eigenvalue weighted by Gasteiger charge is -2.20. The predicted molar refractivity (Wildman–Crippen MR) is 50.3 cm³/mol. The van der Waals surface area contributed by atoms with Crippen LogP contribution in [0.15, 0.2) is 0 Å². The van der Waals surface area contributed by atoms with Gasteiger partial charge < -0.3 is 19.7 Å². The summed E-state index contributed by atoms with van der Waals surface area (Å²) in [5, 5.41) is 18.0. The molecule has 0 aromatic rings. The number of hydrogen-bond donors (Lipinski definition) is 2. The lowest BCUT2D eigenvalue weighted by atomic mass is 10.1. The minimum Gasteiger partial charge on any atom is -0.463 e. The highest BCUT2D eigenvalue weighted by molar-refractivity contribution is 5.86. The zero-order valence-corrected chi connectivity index (χ0v) is 9.00. The van der Waals surface area contributed by atoms with Crippen LogP contribution < -0.4 is 0 Å². The second-order valence-electron chi connectivity index (χ2n) is 3.02. The summed E-state index contributed by atoms with van der Waals surface area (Å²) in [5.41, 5.74) is 0. The first kappa shape index (κ1) is 14.5. The van der Waals surface area contributed by atoms with Crippen LogP contribution >= 0.6 is 0 Å². The molecule has 16 heavy (non-hydrogen) atoms. The van der Waals surface area contributed by atoms with E-state index in [1.807, 2.05) is 0 Å². The van der Waals surface area contributed by atoms with Gasteiger partial charge in [0.2, 0.25) is 5.78 Å². The van der Waals surface area contributed by atoms with Crippen LogP contribution in [-0.4, -0.2) is 53.4 Å². The van der Waals surface area contributed by atoms with Gasteiger partial charge in [-0.25, -0.2) is 0 Å². The molecule has 7 heteroatoms. The zero-order valence-electron chi connectivity index (χ0n) is 9.00. The van der Waals surface area contributed by atoms with Gasteiger partial charge in [-0.3, -0.25) is 14.4 Å². The summed E-state index contributed by atoms with van der Waals surface area (Å²) < 4.78 is 8.95. The summed E-state index contributed by atoms with van der Waals surface area (Å²) in [4.78, 5) is 32.2. The van der Waals surface area contributed by atoms with Gasteiger partial charge in [-0.1, -0.05) is 0 Å². The lowest BCUT2D eigenvalue weighted by Crippen LogP contribution is -2.42. The largest absolute Gasteiger partial charge is 0.463 e. The van der Waals surface area contributed by atoms with Crippen LogP contribution in [0.1, 0.15) is 13.8 Å². The maximum absolute atomic E-state index is 11.1. The molecule has 0 heterocycles. The third-order valence-electron chi connectivity index (χ3n) is 1.57. The number of carbonyl (C=O) groups is 3. The van der Waals surface area contributed by atoms with Crippen molar-refractivity contribution >= 4 is 17.7 Å². The van der Waals surface area contributed by atoms with E-state index in [0.29, 0.717) is 0 Å². The molecule has 0 radical (unpaired) electrons. The van der Waals surface area contributed by atoms with E-state index in [1.54, 1.807) is 0 Å². The Morgan fingerprint density at radius 3 is 2.12 bits per heavy atom. The minimum atomic E-state index is -1.53. The molecule has 0 rings (SSSR count). The molecule has 0 saturated heterocycles. The van der Waals surface area contributed by atoms with Crippen LogP contribution in [0, 0.1) is 0 Å². The molecule has 0 aromatic heterocycles. The molecule has 0 aromatic carbocycles. The number of hydrogen-bond acceptors (Lipinski definition) is 7. The normalized spacial score (nSPS) is 13.8. The number of esters is 2. The van der Waals surface area contributed by atoms with Gasteiger partial charge >= 0.3 is 11.9 Å². The number of ether oxygens (including phenoxy) is 2. The van der Waals surface area contributed by atoms with Crippen LogP contribution in [-0.2, 0) is 23.9 Å². The molecule has 0 aliphatic carbocycles. The number of ketones is 1. The van der Waals surface area contributed by atoms with E-state index < -0.39 is 43.1 Å². The number of Topliss-reactive ketones (excluding diaryl/α,β-unsaturated/α-hetero) is 1. The van der Waals surface area contributed by atoms with E-state index in [0.717, 1.165) is 13.8 Å². The van der Waals surface area contributed by atoms with Crippen LogP contribution in [0.4, 0.5) is 0 Å². The van der Waals surface area contributed by atoms with Crippen molar-refractivity contribution in [1.29, 1.82) is 0 Å². The van der Waals surface area contributed by atoms with Gasteiger partial charge in [0.25, 0.3) is 0 Å². The van der Waals surface area contributed by atoms with Crippen molar-refractivity contribution in [3.63, 3.8) is 0 Å². The Hall–Kier alpha value is -1.47. The molecule has 7 nitrogen and oxygen atoms in total. The molecule has 0 saturated carbocycles. The van der Waals surface area contributed by atoms with E-state index in [-0.39, 0.29) is 0 Å². The van der Waals surface area contributed by atoms with Gasteiger partial charge in [-0.05, 0) is 0 Å². The van der Waals surface area contributed by atoms with Gasteiger partial charge in [-0.2, -0.15) is 0 Å². The Labute approximate surface area is 92.0 Å². The number of aliphatic hydroxyl groups excluding tert-OH is 2. The van der Waals surface area contributed by atoms with Crippen LogP contribution in [0.5, 0.6) is 0 Å². The molecule has 0 amide bonds. The number of aliphatic hydroxyl groups is 2. The van der Waals surface area contributed by atoms with Crippen molar-refractivity contribution in [2.24, 2.45) is 0 Å². The maximum atomic E-state index is 11.1. The first-order valence-corrected chi connectivity index (χ1v) is 4.50. The van der Waals surface area contributed by atoms with Crippen molar-refractivity contribution in [2.75, 3.05) is 13.2 Å². The fraction of sp³-hybridized carbons (Fsp3) is 0.667. The van der Waals surface area contributed by atoms with E-state index in [4.69, 9.17) is 5.11 Å². The molecule has 0 fully saturated rings. The summed E-state index contributed by atoms with van der Waals surface area (Å²) in [5.74, 6) is -2.29. The number of rotatable bonds is 6. The van der Waals surface area contributed by atoms with Gasteiger partial charge in [0.1, 0.15) is 19.3 Å². The average Bonchev–Trinajstić information content (AvgIpc) is 2.21. The molecule has 92 valence electrons. The summed E-state index contributed by atoms with van der Waals surface area (Å²) in [6.07, 6.45) is -3.02. The van der Waals surface area contributed by atoms with E-state index in [9.17, 15) is 19.5 Å². The van der Waals surface area contributed by atoms with Crippen LogP contribution in [0.2, 0.25) is 0 Å². The Morgan fingerprint density at radius 1 is 1.19 bits per heavy atom. The van der Waals surface area contributed by atoms with Crippen molar-refractivity contribution in [1.82, 2.24) is 0 Å². The second kappa shape index (κ2) is 6.91. The molecule has 2 atom stereocenters. The third kappa shape index (κ3) is 5.42. The Morgan fingerprint density at radius 2 is 1.75 bits per heavy atom. The summed E-state index contributed by atoms with van der Waals surface area (Å²) in [6, 6.07) is 0. The molecular weight excluding hydrogens is 220 g/mol. The van der Waals surface area contributed by atoms with Crippen LogP contribution in [0.3, 0.4) is 0 Å². The zero-order chi connectivity index (χ0) is 12.7. The van der Waals surface area contributed by atoms with Gasteiger partial charge in [0.15, 0.2) is 6.10 Å². The molecule has 0 aliphatic rings. The van der Waals surface area contributed by atoms with Crippen molar-refractivity contribution in [2.45, 2.75) is 26.1 Å². The highest BCUT2D eigenvalue weighted by Crippen LogP contribution is 2.03. The fourth-order valence-corrected chi connectivity index (χ4v) is 0.918. The Kier molecular flexibility index (Phi) is 6.28. The molecule has 2 N–H and O–H groups in total. The van der Waals surface area contributed by atoms with Gasteiger partial charge in [0.05, 0.1) is 0 Å². The SMILES string of the molecule is CC(=O)OC[C@@H](O)[C@@H](OC(C)=O)C(=O)CO. The fourth-order valence-electron chi connectivity index (χ4n) is 0.918. The minimum absolute atomic E-state index is 0.487. The van der Waals surface area contributed by atoms with E-state index >= 15 is 0 Å². The van der Waals surface area contributed by atoms with Gasteiger partial charge in [-0.15, -0.1) is 0 Å². The highest BCUT2D eigenvalue weighted by atomic mass is 16.6. The molecule has 0 unspecified atom stereocenters. The Bertz CT molecular complexity index is 273. The summed E-state index contributed by atoms with van der Waals surface area (Å²) in [7, 11) is 0. The molecular formula is C9H14O7. The first-order chi connectivity index (χ1) is 7.38. The monoisotopic (exact) mass is 234 g/mol. The first-order valence-electron chi connectivity index (χ1n) is 4.50. The van der Waals surface area contributed by atoms with E-state index in [2.05, 4.69) is 9.47 Å². The molecule has 0 aliphatic heterocycles. The predicted octanol–water partition coefficient (Wildman–Crippen LogP) is -1.60. The highest BCUT2D eigenvalue weighted by Gasteiger charge is 2.29. The summed E-state index contributed by atoms with van der Waals surface area (Å²) >= 11 is 0. The summed E-state index contributed by atoms with van der Waals surface area (Å²) in [6.45, 7) is 0.811. The third-order valence-corrected chi connectivity index (χ3v) is 1.57. The Balaban J connectivity index is 4.42. The van der Waals surface area contributed by atoms with Gasteiger partial charge in [0, 0.05) is 13.8 Å². The topological polar surface area (TPSA) is 110 Å². The average molecular weight is 234 g/mol. The molecule has 0 spiro atoms.